The number of aryl methyl sites for hydroxylation is 2. The summed E-state index contributed by atoms with van der Waals surface area (Å²) >= 11 is 0. The molecule has 0 saturated heterocycles. The summed E-state index contributed by atoms with van der Waals surface area (Å²) in [4.78, 5) is 11.9. The summed E-state index contributed by atoms with van der Waals surface area (Å²) < 4.78 is 1.69. The van der Waals surface area contributed by atoms with Gasteiger partial charge >= 0.3 is 0 Å². The van der Waals surface area contributed by atoms with E-state index in [9.17, 15) is 4.79 Å². The SMILES string of the molecule is CCc1nn(C)c(NC(C)C(=O)NC2CC2)c1N. The predicted octanol–water partition coefficient (Wildman–Crippen LogP) is 0.644. The minimum absolute atomic E-state index is 0.0103. The molecule has 1 fully saturated rings. The third kappa shape index (κ3) is 2.57. The number of nitrogens with one attached hydrogen (secondary N) is 2. The van der Waals surface area contributed by atoms with Crippen molar-refractivity contribution in [3.63, 3.8) is 0 Å². The second-order valence-electron chi connectivity index (χ2n) is 4.84. The maximum atomic E-state index is 11.9. The Morgan fingerprint density at radius 2 is 2.28 bits per heavy atom. The Morgan fingerprint density at radius 3 is 2.78 bits per heavy atom. The molecule has 0 aliphatic heterocycles. The lowest BCUT2D eigenvalue weighted by atomic mass is 10.2. The third-order valence-electron chi connectivity index (χ3n) is 3.17. The van der Waals surface area contributed by atoms with Crippen LogP contribution in [0.25, 0.3) is 0 Å². The summed E-state index contributed by atoms with van der Waals surface area (Å²) in [5.41, 5.74) is 7.49. The fourth-order valence-electron chi connectivity index (χ4n) is 1.85. The first-order valence-corrected chi connectivity index (χ1v) is 6.41. The Kier molecular flexibility index (Phi) is 3.45. The standard InChI is InChI=1S/C12H21N5O/c1-4-9-10(13)11(17(3)16-9)14-7(2)12(18)15-8-5-6-8/h7-8,14H,4-6,13H2,1-3H3,(H,15,18). The van der Waals surface area contributed by atoms with Crippen molar-refractivity contribution >= 4 is 17.4 Å². The summed E-state index contributed by atoms with van der Waals surface area (Å²) in [5, 5.41) is 10.4. The fraction of sp³-hybridized carbons (Fsp3) is 0.667. The van der Waals surface area contributed by atoms with Crippen molar-refractivity contribution in [3.05, 3.63) is 5.69 Å². The van der Waals surface area contributed by atoms with E-state index in [4.69, 9.17) is 5.73 Å². The van der Waals surface area contributed by atoms with Gasteiger partial charge in [-0.15, -0.1) is 0 Å². The lowest BCUT2D eigenvalue weighted by molar-refractivity contribution is -0.121. The number of amides is 1. The van der Waals surface area contributed by atoms with Crippen LogP contribution in [0.5, 0.6) is 0 Å². The Morgan fingerprint density at radius 1 is 1.61 bits per heavy atom. The fourth-order valence-corrected chi connectivity index (χ4v) is 1.85. The summed E-state index contributed by atoms with van der Waals surface area (Å²) in [6, 6.07) is 0.0600. The van der Waals surface area contributed by atoms with E-state index >= 15 is 0 Å². The number of anilines is 2. The number of carbonyl (C=O) groups is 1. The molecule has 1 amide bonds. The van der Waals surface area contributed by atoms with Crippen molar-refractivity contribution in [3.8, 4) is 0 Å². The van der Waals surface area contributed by atoms with Crippen LogP contribution in [0.3, 0.4) is 0 Å². The first kappa shape index (κ1) is 12.7. The van der Waals surface area contributed by atoms with Gasteiger partial charge in [-0.05, 0) is 26.2 Å². The maximum absolute atomic E-state index is 11.9. The van der Waals surface area contributed by atoms with Crippen molar-refractivity contribution in [1.82, 2.24) is 15.1 Å². The quantitative estimate of drug-likeness (QED) is 0.717. The minimum atomic E-state index is -0.312. The van der Waals surface area contributed by atoms with Crippen LogP contribution >= 0.6 is 0 Å². The Labute approximate surface area is 107 Å². The van der Waals surface area contributed by atoms with Crippen molar-refractivity contribution in [2.24, 2.45) is 7.05 Å². The van der Waals surface area contributed by atoms with Gasteiger partial charge in [0.15, 0.2) is 0 Å². The maximum Gasteiger partial charge on any atom is 0.242 e. The zero-order valence-corrected chi connectivity index (χ0v) is 11.2. The lowest BCUT2D eigenvalue weighted by Crippen LogP contribution is -2.39. The van der Waals surface area contributed by atoms with Crippen molar-refractivity contribution in [2.75, 3.05) is 11.1 Å². The molecule has 6 nitrogen and oxygen atoms in total. The van der Waals surface area contributed by atoms with Gasteiger partial charge in [0.2, 0.25) is 5.91 Å². The zero-order valence-electron chi connectivity index (χ0n) is 11.2. The second-order valence-corrected chi connectivity index (χ2v) is 4.84. The lowest BCUT2D eigenvalue weighted by Gasteiger charge is -2.15. The minimum Gasteiger partial charge on any atom is -0.394 e. The molecular formula is C12H21N5O. The van der Waals surface area contributed by atoms with Crippen LogP contribution in [0.1, 0.15) is 32.4 Å². The molecule has 1 atom stereocenters. The van der Waals surface area contributed by atoms with Gasteiger partial charge in [0, 0.05) is 13.1 Å². The van der Waals surface area contributed by atoms with Crippen LogP contribution in [-0.4, -0.2) is 27.8 Å². The van der Waals surface area contributed by atoms with E-state index in [0.29, 0.717) is 17.5 Å². The Hall–Kier alpha value is -1.72. The predicted molar refractivity (Wildman–Crippen MR) is 71.2 cm³/mol. The van der Waals surface area contributed by atoms with Crippen LogP contribution in [0, 0.1) is 0 Å². The van der Waals surface area contributed by atoms with Crippen LogP contribution in [-0.2, 0) is 18.3 Å². The summed E-state index contributed by atoms with van der Waals surface area (Å²) in [7, 11) is 1.82. The van der Waals surface area contributed by atoms with Gasteiger partial charge in [-0.1, -0.05) is 6.92 Å². The highest BCUT2D eigenvalue weighted by atomic mass is 16.2. The highest BCUT2D eigenvalue weighted by Gasteiger charge is 2.26. The van der Waals surface area contributed by atoms with E-state index in [2.05, 4.69) is 15.7 Å². The van der Waals surface area contributed by atoms with Crippen molar-refractivity contribution in [2.45, 2.75) is 45.2 Å². The van der Waals surface area contributed by atoms with Gasteiger partial charge in [0.25, 0.3) is 0 Å². The largest absolute Gasteiger partial charge is 0.394 e. The van der Waals surface area contributed by atoms with Gasteiger partial charge < -0.3 is 16.4 Å². The van der Waals surface area contributed by atoms with Crippen LogP contribution in [0.15, 0.2) is 0 Å². The first-order valence-electron chi connectivity index (χ1n) is 6.41. The number of rotatable bonds is 5. The second kappa shape index (κ2) is 4.88. The number of hydrogen-bond acceptors (Lipinski definition) is 4. The molecule has 4 N–H and O–H groups in total. The smallest absolute Gasteiger partial charge is 0.242 e. The molecule has 2 rings (SSSR count). The molecule has 0 radical (unpaired) electrons. The summed E-state index contributed by atoms with van der Waals surface area (Å²) in [6.45, 7) is 3.83. The van der Waals surface area contributed by atoms with Crippen LogP contribution in [0.4, 0.5) is 11.5 Å². The number of hydrogen-bond donors (Lipinski definition) is 3. The molecule has 0 bridgehead atoms. The number of nitrogen functional groups attached to an aromatic ring is 1. The summed E-state index contributed by atoms with van der Waals surface area (Å²) in [5.74, 6) is 0.724. The van der Waals surface area contributed by atoms with Gasteiger partial charge in [0.05, 0.1) is 11.4 Å². The molecule has 0 aromatic carbocycles. The average Bonchev–Trinajstić information content (AvgIpc) is 3.10. The first-order chi connectivity index (χ1) is 8.52. The molecule has 1 heterocycles. The molecule has 1 aliphatic rings. The molecule has 1 aromatic heterocycles. The van der Waals surface area contributed by atoms with Gasteiger partial charge in [0.1, 0.15) is 11.9 Å². The molecule has 18 heavy (non-hydrogen) atoms. The van der Waals surface area contributed by atoms with E-state index in [1.54, 1.807) is 4.68 Å². The Bertz CT molecular complexity index is 450. The third-order valence-corrected chi connectivity index (χ3v) is 3.17. The molecule has 1 aliphatic carbocycles. The zero-order chi connectivity index (χ0) is 13.3. The highest BCUT2D eigenvalue weighted by Crippen LogP contribution is 2.23. The monoisotopic (exact) mass is 251 g/mol. The number of nitrogens with zero attached hydrogens (tertiary/aromatic N) is 2. The molecule has 1 saturated carbocycles. The van der Waals surface area contributed by atoms with E-state index in [1.807, 2.05) is 20.9 Å². The van der Waals surface area contributed by atoms with Gasteiger partial charge in [-0.25, -0.2) is 0 Å². The molecular weight excluding hydrogens is 230 g/mol. The van der Waals surface area contributed by atoms with Crippen LogP contribution in [0.2, 0.25) is 0 Å². The number of aromatic nitrogens is 2. The topological polar surface area (TPSA) is 85.0 Å². The van der Waals surface area contributed by atoms with Crippen LogP contribution < -0.4 is 16.4 Å². The highest BCUT2D eigenvalue weighted by molar-refractivity contribution is 5.85. The van der Waals surface area contributed by atoms with E-state index in [0.717, 1.165) is 25.0 Å². The molecule has 0 spiro atoms. The Balaban J connectivity index is 2.03. The summed E-state index contributed by atoms with van der Waals surface area (Å²) in [6.07, 6.45) is 2.96. The van der Waals surface area contributed by atoms with Gasteiger partial charge in [-0.3, -0.25) is 9.48 Å². The average molecular weight is 251 g/mol. The molecule has 100 valence electrons. The van der Waals surface area contributed by atoms with E-state index in [1.165, 1.54) is 0 Å². The van der Waals surface area contributed by atoms with Crippen molar-refractivity contribution < 1.29 is 4.79 Å². The number of carbonyl (C=O) groups excluding carboxylic acids is 1. The number of nitrogens with two attached hydrogens (primary N) is 1. The van der Waals surface area contributed by atoms with Crippen molar-refractivity contribution in [1.29, 1.82) is 0 Å². The normalized spacial score (nSPS) is 16.4. The van der Waals surface area contributed by atoms with E-state index < -0.39 is 0 Å². The molecule has 6 heteroatoms. The van der Waals surface area contributed by atoms with Gasteiger partial charge in [-0.2, -0.15) is 5.10 Å². The van der Waals surface area contributed by atoms with E-state index in [-0.39, 0.29) is 11.9 Å². The molecule has 1 aromatic rings. The molecule has 1 unspecified atom stereocenters.